The highest BCUT2D eigenvalue weighted by atomic mass is 15.0. The summed E-state index contributed by atoms with van der Waals surface area (Å²) < 4.78 is 0. The van der Waals surface area contributed by atoms with Gasteiger partial charge in [-0.15, -0.1) is 0 Å². The van der Waals surface area contributed by atoms with E-state index in [4.69, 9.17) is 15.0 Å². The minimum atomic E-state index is 0.674. The summed E-state index contributed by atoms with van der Waals surface area (Å²) in [5, 5.41) is 0. The van der Waals surface area contributed by atoms with Gasteiger partial charge in [0.1, 0.15) is 0 Å². The molecule has 0 amide bonds. The highest BCUT2D eigenvalue weighted by Gasteiger charge is 2.14. The third-order valence-electron chi connectivity index (χ3n) is 6.50. The van der Waals surface area contributed by atoms with Gasteiger partial charge in [-0.1, -0.05) is 91.0 Å². The highest BCUT2D eigenvalue weighted by molar-refractivity contribution is 5.76. The molecule has 4 aromatic carbocycles. The van der Waals surface area contributed by atoms with Crippen molar-refractivity contribution < 1.29 is 0 Å². The number of benzene rings is 4. The van der Waals surface area contributed by atoms with Crippen molar-refractivity contribution in [3.05, 3.63) is 113 Å². The Hall–Kier alpha value is -4.11. The first kappa shape index (κ1) is 21.7. The number of aryl methyl sites for hydroxylation is 2. The van der Waals surface area contributed by atoms with Crippen LogP contribution in [0.4, 0.5) is 0 Å². The average molecular weight is 442 g/mol. The number of nitrogens with zero attached hydrogens (tertiary/aromatic N) is 3. The number of hydrogen-bond donors (Lipinski definition) is 0. The van der Waals surface area contributed by atoms with E-state index >= 15 is 0 Å². The molecule has 0 bridgehead atoms. The molecule has 5 rings (SSSR count). The fraction of sp³-hybridized carbons (Fsp3) is 0.129. The second-order valence-electron chi connectivity index (χ2n) is 8.75. The molecule has 34 heavy (non-hydrogen) atoms. The SMILES string of the molecule is Cc1cc(C)c(C)c(-c2ccc(-c3nc(-c4ccccc4)nc(-c4ccccc4)n3)cc2)c1C. The molecule has 0 fully saturated rings. The Kier molecular flexibility index (Phi) is 5.77. The summed E-state index contributed by atoms with van der Waals surface area (Å²) in [6.07, 6.45) is 0. The van der Waals surface area contributed by atoms with Gasteiger partial charge in [0.2, 0.25) is 0 Å². The maximum Gasteiger partial charge on any atom is 0.164 e. The third kappa shape index (κ3) is 4.13. The van der Waals surface area contributed by atoms with E-state index in [-0.39, 0.29) is 0 Å². The normalized spacial score (nSPS) is 10.9. The van der Waals surface area contributed by atoms with Crippen molar-refractivity contribution in [3.63, 3.8) is 0 Å². The van der Waals surface area contributed by atoms with E-state index in [1.54, 1.807) is 0 Å². The third-order valence-corrected chi connectivity index (χ3v) is 6.50. The van der Waals surface area contributed by atoms with Crippen LogP contribution in [0.5, 0.6) is 0 Å². The predicted molar refractivity (Wildman–Crippen MR) is 141 cm³/mol. The van der Waals surface area contributed by atoms with Crippen molar-refractivity contribution in [2.75, 3.05) is 0 Å². The summed E-state index contributed by atoms with van der Waals surface area (Å²) in [7, 11) is 0. The van der Waals surface area contributed by atoms with Crippen LogP contribution in [0, 0.1) is 27.7 Å². The molecule has 3 nitrogen and oxygen atoms in total. The first-order valence-electron chi connectivity index (χ1n) is 11.6. The Bertz CT molecular complexity index is 1370. The molecule has 0 N–H and O–H groups in total. The molecule has 166 valence electrons. The zero-order valence-electron chi connectivity index (χ0n) is 20.0. The standard InChI is InChI=1S/C31H27N3/c1-20-19-21(2)23(4)28(22(20)3)24-15-17-27(18-16-24)31-33-29(25-11-7-5-8-12-25)32-30(34-31)26-13-9-6-10-14-26/h5-19H,1-4H3. The van der Waals surface area contributed by atoms with Crippen molar-refractivity contribution in [1.29, 1.82) is 0 Å². The van der Waals surface area contributed by atoms with E-state index in [0.717, 1.165) is 16.7 Å². The number of hydrogen-bond acceptors (Lipinski definition) is 3. The van der Waals surface area contributed by atoms with Crippen LogP contribution in [0.25, 0.3) is 45.3 Å². The van der Waals surface area contributed by atoms with Crippen LogP contribution in [0.3, 0.4) is 0 Å². The molecule has 1 heterocycles. The van der Waals surface area contributed by atoms with E-state index in [1.165, 1.54) is 33.4 Å². The van der Waals surface area contributed by atoms with Gasteiger partial charge in [-0.2, -0.15) is 0 Å². The minimum absolute atomic E-state index is 0.674. The van der Waals surface area contributed by atoms with Crippen LogP contribution in [0.15, 0.2) is 91.0 Å². The number of aromatic nitrogens is 3. The Labute approximate surface area is 201 Å². The van der Waals surface area contributed by atoms with E-state index in [9.17, 15) is 0 Å². The molecule has 3 heteroatoms. The second kappa shape index (κ2) is 9.03. The lowest BCUT2D eigenvalue weighted by Gasteiger charge is -2.16. The van der Waals surface area contributed by atoms with E-state index in [2.05, 4.69) is 58.0 Å². The van der Waals surface area contributed by atoms with Crippen LogP contribution in [0.1, 0.15) is 22.3 Å². The van der Waals surface area contributed by atoms with Gasteiger partial charge in [0.25, 0.3) is 0 Å². The summed E-state index contributed by atoms with van der Waals surface area (Å²) in [5.74, 6) is 2.03. The minimum Gasteiger partial charge on any atom is -0.208 e. The molecule has 0 unspecified atom stereocenters. The fourth-order valence-corrected chi connectivity index (χ4v) is 4.37. The summed E-state index contributed by atoms with van der Waals surface area (Å²) in [4.78, 5) is 14.5. The lowest BCUT2D eigenvalue weighted by atomic mass is 9.89. The average Bonchev–Trinajstić information content (AvgIpc) is 2.89. The Balaban J connectivity index is 1.62. The van der Waals surface area contributed by atoms with Crippen LogP contribution >= 0.6 is 0 Å². The summed E-state index contributed by atoms with van der Waals surface area (Å²) >= 11 is 0. The van der Waals surface area contributed by atoms with E-state index < -0.39 is 0 Å². The molecule has 5 aromatic rings. The monoisotopic (exact) mass is 441 g/mol. The molecular formula is C31H27N3. The van der Waals surface area contributed by atoms with Crippen molar-refractivity contribution in [1.82, 2.24) is 15.0 Å². The summed E-state index contributed by atoms with van der Waals surface area (Å²) in [6.45, 7) is 8.77. The van der Waals surface area contributed by atoms with Crippen molar-refractivity contribution in [2.24, 2.45) is 0 Å². The Morgan fingerprint density at radius 1 is 0.412 bits per heavy atom. The summed E-state index contributed by atoms with van der Waals surface area (Å²) in [6, 6.07) is 31.0. The van der Waals surface area contributed by atoms with Gasteiger partial charge in [0, 0.05) is 16.7 Å². The Morgan fingerprint density at radius 2 is 0.765 bits per heavy atom. The fourth-order valence-electron chi connectivity index (χ4n) is 4.37. The van der Waals surface area contributed by atoms with E-state index in [0.29, 0.717) is 17.5 Å². The zero-order valence-corrected chi connectivity index (χ0v) is 20.0. The molecule has 0 radical (unpaired) electrons. The second-order valence-corrected chi connectivity index (χ2v) is 8.75. The van der Waals surface area contributed by atoms with Crippen LogP contribution in [-0.4, -0.2) is 15.0 Å². The molecular weight excluding hydrogens is 414 g/mol. The molecule has 0 saturated carbocycles. The van der Waals surface area contributed by atoms with Crippen molar-refractivity contribution in [2.45, 2.75) is 27.7 Å². The smallest absolute Gasteiger partial charge is 0.164 e. The Morgan fingerprint density at radius 3 is 1.18 bits per heavy atom. The van der Waals surface area contributed by atoms with Crippen molar-refractivity contribution in [3.8, 4) is 45.3 Å². The lowest BCUT2D eigenvalue weighted by Crippen LogP contribution is -2.00. The first-order valence-corrected chi connectivity index (χ1v) is 11.6. The predicted octanol–water partition coefficient (Wildman–Crippen LogP) is 7.77. The van der Waals surface area contributed by atoms with Gasteiger partial charge in [0.05, 0.1) is 0 Å². The van der Waals surface area contributed by atoms with Crippen LogP contribution < -0.4 is 0 Å². The highest BCUT2D eigenvalue weighted by Crippen LogP contribution is 2.33. The maximum absolute atomic E-state index is 4.84. The van der Waals surface area contributed by atoms with Gasteiger partial charge in [-0.25, -0.2) is 15.0 Å². The molecule has 0 atom stereocenters. The van der Waals surface area contributed by atoms with Gasteiger partial charge in [-0.3, -0.25) is 0 Å². The maximum atomic E-state index is 4.84. The molecule has 0 aliphatic rings. The van der Waals surface area contributed by atoms with Crippen molar-refractivity contribution >= 4 is 0 Å². The summed E-state index contributed by atoms with van der Waals surface area (Å²) in [5.41, 5.74) is 10.7. The van der Waals surface area contributed by atoms with Gasteiger partial charge in [-0.05, 0) is 61.1 Å². The largest absolute Gasteiger partial charge is 0.208 e. The molecule has 0 spiro atoms. The van der Waals surface area contributed by atoms with Crippen LogP contribution in [0.2, 0.25) is 0 Å². The lowest BCUT2D eigenvalue weighted by molar-refractivity contribution is 1.07. The molecule has 0 saturated heterocycles. The molecule has 0 aliphatic carbocycles. The molecule has 1 aromatic heterocycles. The van der Waals surface area contributed by atoms with Gasteiger partial charge >= 0.3 is 0 Å². The van der Waals surface area contributed by atoms with Gasteiger partial charge in [0.15, 0.2) is 17.5 Å². The first-order chi connectivity index (χ1) is 16.5. The van der Waals surface area contributed by atoms with Gasteiger partial charge < -0.3 is 0 Å². The molecule has 0 aliphatic heterocycles. The van der Waals surface area contributed by atoms with Crippen LogP contribution in [-0.2, 0) is 0 Å². The topological polar surface area (TPSA) is 38.7 Å². The quantitative estimate of drug-likeness (QED) is 0.286. The van der Waals surface area contributed by atoms with E-state index in [1.807, 2.05) is 60.7 Å². The number of rotatable bonds is 4. The zero-order chi connectivity index (χ0) is 23.7.